The summed E-state index contributed by atoms with van der Waals surface area (Å²) in [6.45, 7) is 7.01. The summed E-state index contributed by atoms with van der Waals surface area (Å²) in [6.07, 6.45) is 0. The van der Waals surface area contributed by atoms with Crippen molar-refractivity contribution in [3.63, 3.8) is 0 Å². The molecule has 1 unspecified atom stereocenters. The Morgan fingerprint density at radius 1 is 1.41 bits per heavy atom. The molecule has 17 heavy (non-hydrogen) atoms. The van der Waals surface area contributed by atoms with Crippen LogP contribution in [-0.2, 0) is 6.54 Å². The van der Waals surface area contributed by atoms with E-state index in [4.69, 9.17) is 0 Å². The topological polar surface area (TPSA) is 55.2 Å². The zero-order valence-corrected chi connectivity index (χ0v) is 11.8. The fourth-order valence-electron chi connectivity index (χ4n) is 1.35. The summed E-state index contributed by atoms with van der Waals surface area (Å²) in [6, 6.07) is 5.47. The highest BCUT2D eigenvalue weighted by Crippen LogP contribution is 2.28. The number of rotatable bonds is 5. The van der Waals surface area contributed by atoms with E-state index in [1.165, 1.54) is 6.07 Å². The van der Waals surface area contributed by atoms with Crippen LogP contribution in [-0.4, -0.2) is 11.0 Å². The summed E-state index contributed by atoms with van der Waals surface area (Å²) in [5, 5.41) is 14.1. The minimum absolute atomic E-state index is 0.113. The fourth-order valence-corrected chi connectivity index (χ4v) is 1.90. The third kappa shape index (κ3) is 3.78. The second kappa shape index (κ2) is 6.12. The van der Waals surface area contributed by atoms with Crippen LogP contribution < -0.4 is 5.32 Å². The molecule has 0 fully saturated rings. The van der Waals surface area contributed by atoms with Gasteiger partial charge in [-0.05, 0) is 34.3 Å². The zero-order chi connectivity index (χ0) is 13.0. The van der Waals surface area contributed by atoms with Crippen LogP contribution in [0.3, 0.4) is 0 Å². The molecule has 0 saturated heterocycles. The number of nitro benzene ring substituents is 1. The van der Waals surface area contributed by atoms with E-state index in [1.54, 1.807) is 6.07 Å². The molecule has 0 spiro atoms. The van der Waals surface area contributed by atoms with Crippen LogP contribution in [0, 0.1) is 16.0 Å². The highest BCUT2D eigenvalue weighted by Gasteiger charge is 2.15. The van der Waals surface area contributed by atoms with Crippen molar-refractivity contribution >= 4 is 21.6 Å². The minimum atomic E-state index is -0.376. The number of benzene rings is 1. The van der Waals surface area contributed by atoms with Crippen LogP contribution in [0.25, 0.3) is 0 Å². The second-order valence-corrected chi connectivity index (χ2v) is 5.21. The first kappa shape index (κ1) is 14.1. The number of hydrogen-bond acceptors (Lipinski definition) is 3. The van der Waals surface area contributed by atoms with Crippen LogP contribution in [0.1, 0.15) is 26.3 Å². The molecule has 5 heteroatoms. The monoisotopic (exact) mass is 300 g/mol. The molecule has 0 bridgehead atoms. The molecule has 1 aromatic rings. The van der Waals surface area contributed by atoms with E-state index < -0.39 is 0 Å². The smallest absolute Gasteiger partial charge is 0.283 e. The molecule has 0 heterocycles. The molecule has 4 nitrogen and oxygen atoms in total. The fraction of sp³-hybridized carbons (Fsp3) is 0.500. The molecule has 0 aromatic heterocycles. The van der Waals surface area contributed by atoms with E-state index >= 15 is 0 Å². The van der Waals surface area contributed by atoms with E-state index in [2.05, 4.69) is 42.0 Å². The summed E-state index contributed by atoms with van der Waals surface area (Å²) in [4.78, 5) is 10.4. The van der Waals surface area contributed by atoms with Crippen LogP contribution >= 0.6 is 15.9 Å². The molecule has 0 aliphatic rings. The molecule has 1 rings (SSSR count). The van der Waals surface area contributed by atoms with Crippen molar-refractivity contribution in [3.8, 4) is 0 Å². The summed E-state index contributed by atoms with van der Waals surface area (Å²) >= 11 is 3.29. The number of nitrogens with one attached hydrogen (secondary N) is 1. The summed E-state index contributed by atoms with van der Waals surface area (Å²) in [5.74, 6) is 0.535. The molecule has 0 saturated carbocycles. The van der Waals surface area contributed by atoms with Gasteiger partial charge in [0.25, 0.3) is 5.69 Å². The molecule has 0 aliphatic heterocycles. The van der Waals surface area contributed by atoms with Crippen molar-refractivity contribution in [3.05, 3.63) is 38.3 Å². The number of nitrogens with zero attached hydrogens (tertiary/aromatic N) is 1. The quantitative estimate of drug-likeness (QED) is 0.669. The van der Waals surface area contributed by atoms with Gasteiger partial charge in [-0.15, -0.1) is 0 Å². The average Bonchev–Trinajstić information content (AvgIpc) is 2.26. The molecule has 0 aliphatic carbocycles. The number of nitro groups is 1. The lowest BCUT2D eigenvalue weighted by atomic mass is 10.1. The maximum atomic E-state index is 10.8. The first-order valence-corrected chi connectivity index (χ1v) is 6.38. The van der Waals surface area contributed by atoms with Gasteiger partial charge in [0.1, 0.15) is 0 Å². The maximum Gasteiger partial charge on any atom is 0.283 e. The first-order valence-electron chi connectivity index (χ1n) is 5.58. The Morgan fingerprint density at radius 3 is 2.59 bits per heavy atom. The van der Waals surface area contributed by atoms with Crippen molar-refractivity contribution in [1.82, 2.24) is 5.32 Å². The lowest BCUT2D eigenvalue weighted by Crippen LogP contribution is -2.30. The minimum Gasteiger partial charge on any atom is -0.310 e. The standard InChI is InChI=1S/C12H17BrN2O2/c1-8(2)9(3)14-7-10-5-4-6-11(12(10)13)15(16)17/h4-6,8-9,14H,7H2,1-3H3. The second-order valence-electron chi connectivity index (χ2n) is 4.42. The normalized spacial score (nSPS) is 12.8. The largest absolute Gasteiger partial charge is 0.310 e. The van der Waals surface area contributed by atoms with Gasteiger partial charge in [0.2, 0.25) is 0 Å². The number of halogens is 1. The Hall–Kier alpha value is -0.940. The van der Waals surface area contributed by atoms with Gasteiger partial charge in [0.05, 0.1) is 9.40 Å². The van der Waals surface area contributed by atoms with Gasteiger partial charge in [-0.25, -0.2) is 0 Å². The molecule has 1 atom stereocenters. The molecule has 94 valence electrons. The molecule has 0 radical (unpaired) electrons. The molecule has 0 amide bonds. The summed E-state index contributed by atoms with van der Waals surface area (Å²) < 4.78 is 0.563. The van der Waals surface area contributed by atoms with Crippen molar-refractivity contribution in [2.24, 2.45) is 5.92 Å². The Bertz CT molecular complexity index is 407. The van der Waals surface area contributed by atoms with E-state index in [0.29, 0.717) is 23.0 Å². The first-order chi connectivity index (χ1) is 7.93. The maximum absolute atomic E-state index is 10.8. The highest BCUT2D eigenvalue weighted by atomic mass is 79.9. The Kier molecular flexibility index (Phi) is 5.08. The van der Waals surface area contributed by atoms with Gasteiger partial charge in [-0.1, -0.05) is 26.0 Å². The lowest BCUT2D eigenvalue weighted by Gasteiger charge is -2.17. The van der Waals surface area contributed by atoms with Gasteiger partial charge < -0.3 is 5.32 Å². The van der Waals surface area contributed by atoms with Gasteiger partial charge in [-0.2, -0.15) is 0 Å². The van der Waals surface area contributed by atoms with Crippen LogP contribution in [0.5, 0.6) is 0 Å². The molecular weight excluding hydrogens is 284 g/mol. The predicted molar refractivity (Wildman–Crippen MR) is 71.9 cm³/mol. The third-order valence-corrected chi connectivity index (χ3v) is 3.79. The van der Waals surface area contributed by atoms with Crippen molar-refractivity contribution in [2.75, 3.05) is 0 Å². The van der Waals surface area contributed by atoms with Gasteiger partial charge in [-0.3, -0.25) is 10.1 Å². The van der Waals surface area contributed by atoms with Gasteiger partial charge in [0.15, 0.2) is 0 Å². The Morgan fingerprint density at radius 2 is 2.06 bits per heavy atom. The van der Waals surface area contributed by atoms with Crippen LogP contribution in [0.4, 0.5) is 5.69 Å². The molecular formula is C12H17BrN2O2. The molecule has 1 N–H and O–H groups in total. The summed E-state index contributed by atoms with van der Waals surface area (Å²) in [7, 11) is 0. The third-order valence-electron chi connectivity index (χ3n) is 2.87. The molecule has 1 aromatic carbocycles. The average molecular weight is 301 g/mol. The van der Waals surface area contributed by atoms with Crippen molar-refractivity contribution < 1.29 is 4.92 Å². The van der Waals surface area contributed by atoms with Crippen molar-refractivity contribution in [1.29, 1.82) is 0 Å². The van der Waals surface area contributed by atoms with E-state index in [-0.39, 0.29) is 10.6 Å². The predicted octanol–water partition coefficient (Wildman–Crippen LogP) is 3.49. The van der Waals surface area contributed by atoms with E-state index in [1.807, 2.05) is 6.07 Å². The SMILES string of the molecule is CC(C)C(C)NCc1cccc([N+](=O)[O-])c1Br. The Labute approximate surface area is 110 Å². The Balaban J connectivity index is 2.79. The number of hydrogen-bond donors (Lipinski definition) is 1. The lowest BCUT2D eigenvalue weighted by molar-refractivity contribution is -0.385. The zero-order valence-electron chi connectivity index (χ0n) is 10.2. The highest BCUT2D eigenvalue weighted by molar-refractivity contribution is 9.10. The van der Waals surface area contributed by atoms with Gasteiger partial charge in [0, 0.05) is 18.7 Å². The van der Waals surface area contributed by atoms with Gasteiger partial charge >= 0.3 is 0 Å². The van der Waals surface area contributed by atoms with Crippen molar-refractivity contribution in [2.45, 2.75) is 33.4 Å². The van der Waals surface area contributed by atoms with Crippen LogP contribution in [0.15, 0.2) is 22.7 Å². The van der Waals surface area contributed by atoms with E-state index in [0.717, 1.165) is 5.56 Å². The summed E-state index contributed by atoms with van der Waals surface area (Å²) in [5.41, 5.74) is 1.02. The van der Waals surface area contributed by atoms with Crippen LogP contribution in [0.2, 0.25) is 0 Å². The van der Waals surface area contributed by atoms with E-state index in [9.17, 15) is 10.1 Å².